The van der Waals surface area contributed by atoms with E-state index in [9.17, 15) is 10.1 Å². The molecule has 92 valence electrons. The molecule has 1 heterocycles. The molecule has 18 heavy (non-hydrogen) atoms. The van der Waals surface area contributed by atoms with Gasteiger partial charge < -0.3 is 5.32 Å². The SMILES string of the molecule is Cc1ccc(CNc2cc([N+](=O)[O-])ccn2)cc1. The maximum absolute atomic E-state index is 10.6. The number of aryl methyl sites for hydroxylation is 1. The zero-order valence-corrected chi connectivity index (χ0v) is 9.96. The van der Waals surface area contributed by atoms with E-state index in [1.165, 1.54) is 23.9 Å². The van der Waals surface area contributed by atoms with Crippen LogP contribution in [0.2, 0.25) is 0 Å². The van der Waals surface area contributed by atoms with Gasteiger partial charge in [0.1, 0.15) is 5.82 Å². The Hall–Kier alpha value is -2.43. The molecule has 1 N–H and O–H groups in total. The standard InChI is InChI=1S/C13H13N3O2/c1-10-2-4-11(5-3-10)9-15-13-8-12(16(17)18)6-7-14-13/h2-8H,9H2,1H3,(H,14,15). The van der Waals surface area contributed by atoms with Crippen molar-refractivity contribution in [3.8, 4) is 0 Å². The molecule has 2 aromatic rings. The summed E-state index contributed by atoms with van der Waals surface area (Å²) in [4.78, 5) is 14.2. The lowest BCUT2D eigenvalue weighted by atomic mass is 10.1. The van der Waals surface area contributed by atoms with Gasteiger partial charge in [0.05, 0.1) is 11.0 Å². The molecule has 0 spiro atoms. The Morgan fingerprint density at radius 2 is 2.00 bits per heavy atom. The number of anilines is 1. The first-order chi connectivity index (χ1) is 8.65. The minimum atomic E-state index is -0.432. The van der Waals surface area contributed by atoms with Gasteiger partial charge in [-0.25, -0.2) is 4.98 Å². The number of nitrogens with one attached hydrogen (secondary N) is 1. The first-order valence-electron chi connectivity index (χ1n) is 5.55. The van der Waals surface area contributed by atoms with Gasteiger partial charge in [0, 0.05) is 18.8 Å². The molecule has 5 heteroatoms. The fourth-order valence-electron chi connectivity index (χ4n) is 1.53. The van der Waals surface area contributed by atoms with E-state index >= 15 is 0 Å². The molecule has 0 aliphatic carbocycles. The van der Waals surface area contributed by atoms with Crippen LogP contribution in [-0.2, 0) is 6.54 Å². The molecule has 0 aliphatic heterocycles. The Kier molecular flexibility index (Phi) is 3.52. The van der Waals surface area contributed by atoms with Crippen LogP contribution in [-0.4, -0.2) is 9.91 Å². The summed E-state index contributed by atoms with van der Waals surface area (Å²) in [6.45, 7) is 2.62. The number of pyridine rings is 1. The average molecular weight is 243 g/mol. The monoisotopic (exact) mass is 243 g/mol. The van der Waals surface area contributed by atoms with E-state index in [-0.39, 0.29) is 5.69 Å². The second kappa shape index (κ2) is 5.27. The van der Waals surface area contributed by atoms with Crippen molar-refractivity contribution in [1.82, 2.24) is 4.98 Å². The predicted molar refractivity (Wildman–Crippen MR) is 69.4 cm³/mol. The summed E-state index contributed by atoms with van der Waals surface area (Å²) >= 11 is 0. The summed E-state index contributed by atoms with van der Waals surface area (Å²) in [6, 6.07) is 10.9. The average Bonchev–Trinajstić information content (AvgIpc) is 2.38. The van der Waals surface area contributed by atoms with Gasteiger partial charge in [-0.1, -0.05) is 29.8 Å². The zero-order valence-electron chi connectivity index (χ0n) is 9.96. The number of rotatable bonds is 4. The smallest absolute Gasteiger partial charge is 0.274 e. The third-order valence-corrected chi connectivity index (χ3v) is 2.55. The van der Waals surface area contributed by atoms with Gasteiger partial charge in [0.25, 0.3) is 5.69 Å². The van der Waals surface area contributed by atoms with Crippen molar-refractivity contribution in [2.45, 2.75) is 13.5 Å². The van der Waals surface area contributed by atoms with Crippen molar-refractivity contribution >= 4 is 11.5 Å². The zero-order chi connectivity index (χ0) is 13.0. The lowest BCUT2D eigenvalue weighted by molar-refractivity contribution is -0.384. The Morgan fingerprint density at radius 1 is 1.28 bits per heavy atom. The molecular formula is C13H13N3O2. The van der Waals surface area contributed by atoms with Crippen molar-refractivity contribution in [2.24, 2.45) is 0 Å². The van der Waals surface area contributed by atoms with Gasteiger partial charge >= 0.3 is 0 Å². The van der Waals surface area contributed by atoms with Gasteiger partial charge in [-0.15, -0.1) is 0 Å². The van der Waals surface area contributed by atoms with Gasteiger partial charge in [0.2, 0.25) is 0 Å². The van der Waals surface area contributed by atoms with Gasteiger partial charge in [-0.05, 0) is 12.5 Å². The maximum atomic E-state index is 10.6. The molecule has 0 aliphatic rings. The molecular weight excluding hydrogens is 230 g/mol. The summed E-state index contributed by atoms with van der Waals surface area (Å²) < 4.78 is 0. The molecule has 1 aromatic carbocycles. The molecule has 0 saturated heterocycles. The Balaban J connectivity index is 2.04. The van der Waals surface area contributed by atoms with E-state index in [0.29, 0.717) is 12.4 Å². The second-order valence-corrected chi connectivity index (χ2v) is 4.00. The van der Waals surface area contributed by atoms with E-state index in [4.69, 9.17) is 0 Å². The quantitative estimate of drug-likeness (QED) is 0.662. The van der Waals surface area contributed by atoms with Crippen LogP contribution in [0.25, 0.3) is 0 Å². The first-order valence-corrected chi connectivity index (χ1v) is 5.55. The third-order valence-electron chi connectivity index (χ3n) is 2.55. The fraction of sp³-hybridized carbons (Fsp3) is 0.154. The van der Waals surface area contributed by atoms with Crippen LogP contribution in [0, 0.1) is 17.0 Å². The Morgan fingerprint density at radius 3 is 2.67 bits per heavy atom. The molecule has 1 aromatic heterocycles. The highest BCUT2D eigenvalue weighted by atomic mass is 16.6. The van der Waals surface area contributed by atoms with Crippen molar-refractivity contribution in [3.63, 3.8) is 0 Å². The normalized spacial score (nSPS) is 10.1. The van der Waals surface area contributed by atoms with Gasteiger partial charge in [-0.2, -0.15) is 0 Å². The summed E-state index contributed by atoms with van der Waals surface area (Å²) in [5.41, 5.74) is 2.34. The number of benzene rings is 1. The summed E-state index contributed by atoms with van der Waals surface area (Å²) in [5, 5.41) is 13.7. The van der Waals surface area contributed by atoms with Crippen molar-refractivity contribution in [2.75, 3.05) is 5.32 Å². The van der Waals surface area contributed by atoms with Crippen molar-refractivity contribution in [3.05, 3.63) is 63.8 Å². The molecule has 0 radical (unpaired) electrons. The minimum absolute atomic E-state index is 0.0383. The van der Waals surface area contributed by atoms with E-state index in [1.807, 2.05) is 31.2 Å². The third kappa shape index (κ3) is 3.04. The molecule has 0 unspecified atom stereocenters. The Bertz CT molecular complexity index is 552. The van der Waals surface area contributed by atoms with Crippen LogP contribution in [0.4, 0.5) is 11.5 Å². The first kappa shape index (κ1) is 12.0. The number of hydrogen-bond donors (Lipinski definition) is 1. The maximum Gasteiger partial charge on any atom is 0.274 e. The van der Waals surface area contributed by atoms with Gasteiger partial charge in [-0.3, -0.25) is 10.1 Å². The van der Waals surface area contributed by atoms with E-state index < -0.39 is 4.92 Å². The predicted octanol–water partition coefficient (Wildman–Crippen LogP) is 2.91. The summed E-state index contributed by atoms with van der Waals surface area (Å²) in [6.07, 6.45) is 1.43. The lowest BCUT2D eigenvalue weighted by Gasteiger charge is -2.05. The highest BCUT2D eigenvalue weighted by molar-refractivity contribution is 5.44. The summed E-state index contributed by atoms with van der Waals surface area (Å²) in [7, 11) is 0. The van der Waals surface area contributed by atoms with Crippen molar-refractivity contribution < 1.29 is 4.92 Å². The molecule has 0 saturated carbocycles. The van der Waals surface area contributed by atoms with Crippen LogP contribution in [0.1, 0.15) is 11.1 Å². The molecule has 5 nitrogen and oxygen atoms in total. The molecule has 2 rings (SSSR count). The highest BCUT2D eigenvalue weighted by Gasteiger charge is 2.06. The van der Waals surface area contributed by atoms with E-state index in [0.717, 1.165) is 5.56 Å². The second-order valence-electron chi connectivity index (χ2n) is 4.00. The highest BCUT2D eigenvalue weighted by Crippen LogP contribution is 2.15. The number of nitro groups is 1. The molecule has 0 bridgehead atoms. The fourth-order valence-corrected chi connectivity index (χ4v) is 1.53. The molecule has 0 fully saturated rings. The van der Waals surface area contributed by atoms with Gasteiger partial charge in [0.15, 0.2) is 0 Å². The van der Waals surface area contributed by atoms with Crippen LogP contribution in [0.5, 0.6) is 0 Å². The van der Waals surface area contributed by atoms with E-state index in [1.54, 1.807) is 0 Å². The van der Waals surface area contributed by atoms with Crippen LogP contribution in [0.3, 0.4) is 0 Å². The Labute approximate surface area is 105 Å². The van der Waals surface area contributed by atoms with E-state index in [2.05, 4.69) is 10.3 Å². The summed E-state index contributed by atoms with van der Waals surface area (Å²) in [5.74, 6) is 0.504. The van der Waals surface area contributed by atoms with Crippen LogP contribution in [0.15, 0.2) is 42.6 Å². The lowest BCUT2D eigenvalue weighted by Crippen LogP contribution is -2.01. The minimum Gasteiger partial charge on any atom is -0.366 e. The molecule has 0 amide bonds. The van der Waals surface area contributed by atoms with Crippen LogP contribution < -0.4 is 5.32 Å². The topological polar surface area (TPSA) is 68.1 Å². The number of hydrogen-bond acceptors (Lipinski definition) is 4. The van der Waals surface area contributed by atoms with Crippen molar-refractivity contribution in [1.29, 1.82) is 0 Å². The largest absolute Gasteiger partial charge is 0.366 e. The number of aromatic nitrogens is 1. The van der Waals surface area contributed by atoms with Crippen LogP contribution >= 0.6 is 0 Å². The molecule has 0 atom stereocenters. The number of nitrogens with zero attached hydrogens (tertiary/aromatic N) is 2.